The van der Waals surface area contributed by atoms with Gasteiger partial charge < -0.3 is 0 Å². The van der Waals surface area contributed by atoms with Crippen LogP contribution in [0.4, 0.5) is 0 Å². The van der Waals surface area contributed by atoms with E-state index in [0.29, 0.717) is 0 Å². The fourth-order valence-electron chi connectivity index (χ4n) is 2.79. The van der Waals surface area contributed by atoms with Crippen molar-refractivity contribution < 1.29 is 0 Å². The van der Waals surface area contributed by atoms with Crippen molar-refractivity contribution in [2.45, 2.75) is 6.92 Å². The number of aryl methyl sites for hydroxylation is 1. The highest BCUT2D eigenvalue weighted by Gasteiger charge is 2.08. The minimum atomic E-state index is 0.982. The standard InChI is InChI=1S/C23H21N/c1-18-10-9-15-21(16-18)22(19-11-5-3-6-12-19)17-23(24-2)20-13-7-4-8-14-20/h3-17H,1-2H3/b22-17-,24-23?. The summed E-state index contributed by atoms with van der Waals surface area (Å²) in [7, 11) is 1.84. The second kappa shape index (κ2) is 7.56. The molecule has 0 unspecified atom stereocenters. The number of hydrogen-bond donors (Lipinski definition) is 0. The van der Waals surface area contributed by atoms with Gasteiger partial charge in [0.15, 0.2) is 0 Å². The molecule has 3 rings (SSSR count). The molecule has 3 aromatic carbocycles. The molecule has 0 saturated carbocycles. The molecular formula is C23H21N. The molecule has 0 radical (unpaired) electrons. The third kappa shape index (κ3) is 3.69. The Morgan fingerprint density at radius 2 is 1.29 bits per heavy atom. The van der Waals surface area contributed by atoms with E-state index in [1.807, 2.05) is 31.3 Å². The molecule has 0 aromatic heterocycles. The number of hydrogen-bond acceptors (Lipinski definition) is 1. The summed E-state index contributed by atoms with van der Waals surface area (Å²) < 4.78 is 0. The lowest BCUT2D eigenvalue weighted by atomic mass is 9.94. The second-order valence-electron chi connectivity index (χ2n) is 5.77. The molecule has 0 amide bonds. The smallest absolute Gasteiger partial charge is 0.0649 e. The number of nitrogens with zero attached hydrogens (tertiary/aromatic N) is 1. The molecule has 0 atom stereocenters. The Hall–Kier alpha value is -2.93. The van der Waals surface area contributed by atoms with Crippen LogP contribution in [0, 0.1) is 6.92 Å². The molecule has 0 aliphatic heterocycles. The van der Waals surface area contributed by atoms with Crippen LogP contribution >= 0.6 is 0 Å². The summed E-state index contributed by atoms with van der Waals surface area (Å²) in [6, 6.07) is 29.4. The molecule has 1 heteroatoms. The molecule has 24 heavy (non-hydrogen) atoms. The van der Waals surface area contributed by atoms with Gasteiger partial charge in [0.05, 0.1) is 5.71 Å². The highest BCUT2D eigenvalue weighted by molar-refractivity contribution is 6.13. The Morgan fingerprint density at radius 3 is 1.88 bits per heavy atom. The monoisotopic (exact) mass is 311 g/mol. The van der Waals surface area contributed by atoms with Crippen molar-refractivity contribution in [1.29, 1.82) is 0 Å². The van der Waals surface area contributed by atoms with Crippen molar-refractivity contribution in [1.82, 2.24) is 0 Å². The third-order valence-corrected chi connectivity index (χ3v) is 4.01. The molecule has 0 heterocycles. The van der Waals surface area contributed by atoms with Crippen LogP contribution < -0.4 is 0 Å². The van der Waals surface area contributed by atoms with Crippen LogP contribution in [-0.4, -0.2) is 12.8 Å². The van der Waals surface area contributed by atoms with Gasteiger partial charge >= 0.3 is 0 Å². The molecule has 0 bridgehead atoms. The van der Waals surface area contributed by atoms with E-state index in [4.69, 9.17) is 0 Å². The molecule has 3 aromatic rings. The Balaban J connectivity index is 2.14. The van der Waals surface area contributed by atoms with Crippen LogP contribution in [0.5, 0.6) is 0 Å². The molecular weight excluding hydrogens is 290 g/mol. The number of benzene rings is 3. The van der Waals surface area contributed by atoms with Crippen molar-refractivity contribution in [2.24, 2.45) is 4.99 Å². The summed E-state index contributed by atoms with van der Waals surface area (Å²) in [6.07, 6.45) is 2.18. The van der Waals surface area contributed by atoms with Gasteiger partial charge in [-0.2, -0.15) is 0 Å². The first-order chi connectivity index (χ1) is 11.8. The molecule has 0 fully saturated rings. The summed E-state index contributed by atoms with van der Waals surface area (Å²) in [5.74, 6) is 0. The van der Waals surface area contributed by atoms with Crippen molar-refractivity contribution >= 4 is 11.3 Å². The maximum absolute atomic E-state index is 4.51. The zero-order valence-electron chi connectivity index (χ0n) is 14.1. The third-order valence-electron chi connectivity index (χ3n) is 4.01. The normalized spacial score (nSPS) is 12.2. The average molecular weight is 311 g/mol. The first kappa shape index (κ1) is 15.9. The van der Waals surface area contributed by atoms with Gasteiger partial charge in [0.2, 0.25) is 0 Å². The van der Waals surface area contributed by atoms with E-state index in [2.05, 4.69) is 78.7 Å². The van der Waals surface area contributed by atoms with Crippen molar-refractivity contribution in [3.63, 3.8) is 0 Å². The first-order valence-electron chi connectivity index (χ1n) is 8.14. The van der Waals surface area contributed by atoms with Gasteiger partial charge in [0.25, 0.3) is 0 Å². The lowest BCUT2D eigenvalue weighted by Crippen LogP contribution is -1.99. The predicted molar refractivity (Wildman–Crippen MR) is 104 cm³/mol. The molecule has 0 aliphatic carbocycles. The average Bonchev–Trinajstić information content (AvgIpc) is 2.64. The lowest BCUT2D eigenvalue weighted by molar-refractivity contribution is 1.42. The number of rotatable bonds is 4. The SMILES string of the molecule is CN=C(/C=C(/c1ccccc1)c1cccc(C)c1)c1ccccc1. The van der Waals surface area contributed by atoms with Crippen LogP contribution in [0.25, 0.3) is 5.57 Å². The molecule has 0 N–H and O–H groups in total. The fraction of sp³-hybridized carbons (Fsp3) is 0.0870. The zero-order chi connectivity index (χ0) is 16.8. The number of allylic oxidation sites excluding steroid dienone is 1. The van der Waals surface area contributed by atoms with Gasteiger partial charge in [-0.25, -0.2) is 0 Å². The van der Waals surface area contributed by atoms with E-state index in [1.54, 1.807) is 0 Å². The van der Waals surface area contributed by atoms with Gasteiger partial charge in [-0.3, -0.25) is 4.99 Å². The van der Waals surface area contributed by atoms with Crippen LogP contribution in [0.15, 0.2) is 96.0 Å². The summed E-state index contributed by atoms with van der Waals surface area (Å²) in [6.45, 7) is 2.12. The van der Waals surface area contributed by atoms with Gasteiger partial charge in [0.1, 0.15) is 0 Å². The van der Waals surface area contributed by atoms with Crippen molar-refractivity contribution in [2.75, 3.05) is 7.05 Å². The van der Waals surface area contributed by atoms with Crippen molar-refractivity contribution in [3.05, 3.63) is 113 Å². The Morgan fingerprint density at radius 1 is 0.708 bits per heavy atom. The molecule has 0 saturated heterocycles. The summed E-state index contributed by atoms with van der Waals surface area (Å²) >= 11 is 0. The first-order valence-corrected chi connectivity index (χ1v) is 8.14. The van der Waals surface area contributed by atoms with E-state index in [0.717, 1.165) is 11.3 Å². The van der Waals surface area contributed by atoms with E-state index in [-0.39, 0.29) is 0 Å². The van der Waals surface area contributed by atoms with E-state index in [9.17, 15) is 0 Å². The molecule has 1 nitrogen and oxygen atoms in total. The predicted octanol–water partition coefficient (Wildman–Crippen LogP) is 5.55. The Kier molecular flexibility index (Phi) is 5.02. The van der Waals surface area contributed by atoms with Gasteiger partial charge in [-0.1, -0.05) is 90.5 Å². The van der Waals surface area contributed by atoms with Crippen LogP contribution in [0.1, 0.15) is 22.3 Å². The fourth-order valence-corrected chi connectivity index (χ4v) is 2.79. The van der Waals surface area contributed by atoms with Crippen molar-refractivity contribution in [3.8, 4) is 0 Å². The number of aliphatic imine (C=N–C) groups is 1. The van der Waals surface area contributed by atoms with Gasteiger partial charge in [-0.05, 0) is 35.3 Å². The van der Waals surface area contributed by atoms with E-state index >= 15 is 0 Å². The summed E-state index contributed by atoms with van der Waals surface area (Å²) in [4.78, 5) is 4.51. The summed E-state index contributed by atoms with van der Waals surface area (Å²) in [5, 5.41) is 0. The quantitative estimate of drug-likeness (QED) is 0.560. The Labute approximate surface area is 144 Å². The van der Waals surface area contributed by atoms with Gasteiger partial charge in [-0.15, -0.1) is 0 Å². The van der Waals surface area contributed by atoms with Gasteiger partial charge in [0, 0.05) is 7.05 Å². The largest absolute Gasteiger partial charge is 0.288 e. The maximum atomic E-state index is 4.51. The summed E-state index contributed by atoms with van der Waals surface area (Å²) in [5.41, 5.74) is 6.95. The second-order valence-corrected chi connectivity index (χ2v) is 5.77. The maximum Gasteiger partial charge on any atom is 0.0649 e. The topological polar surface area (TPSA) is 12.4 Å². The lowest BCUT2D eigenvalue weighted by Gasteiger charge is -2.11. The van der Waals surface area contributed by atoms with Crippen LogP contribution in [0.3, 0.4) is 0 Å². The van der Waals surface area contributed by atoms with E-state index < -0.39 is 0 Å². The minimum Gasteiger partial charge on any atom is -0.288 e. The highest BCUT2D eigenvalue weighted by atomic mass is 14.7. The zero-order valence-corrected chi connectivity index (χ0v) is 14.1. The Bertz CT molecular complexity index is 859. The van der Waals surface area contributed by atoms with Crippen LogP contribution in [0.2, 0.25) is 0 Å². The van der Waals surface area contributed by atoms with E-state index in [1.165, 1.54) is 22.3 Å². The molecule has 0 spiro atoms. The molecule has 118 valence electrons. The molecule has 0 aliphatic rings. The van der Waals surface area contributed by atoms with Crippen LogP contribution in [-0.2, 0) is 0 Å². The minimum absolute atomic E-state index is 0.982. The highest BCUT2D eigenvalue weighted by Crippen LogP contribution is 2.25.